The summed E-state index contributed by atoms with van der Waals surface area (Å²) >= 11 is 12.4. The summed E-state index contributed by atoms with van der Waals surface area (Å²) in [6.45, 7) is 1.72. The zero-order valence-corrected chi connectivity index (χ0v) is 17.7. The number of nitrogen functional groups attached to an aromatic ring is 1. The van der Waals surface area contributed by atoms with Crippen LogP contribution in [-0.4, -0.2) is 17.1 Å². The van der Waals surface area contributed by atoms with Gasteiger partial charge in [0.1, 0.15) is 11.9 Å². The molecule has 2 aliphatic heterocycles. The third-order valence-electron chi connectivity index (χ3n) is 5.87. The van der Waals surface area contributed by atoms with Gasteiger partial charge in [-0.3, -0.25) is 0 Å². The van der Waals surface area contributed by atoms with E-state index in [0.717, 1.165) is 23.8 Å². The molecule has 3 atom stereocenters. The second kappa shape index (κ2) is 7.45. The summed E-state index contributed by atoms with van der Waals surface area (Å²) in [7, 11) is 0. The first-order valence-corrected chi connectivity index (χ1v) is 10.6. The van der Waals surface area contributed by atoms with Crippen LogP contribution in [0.15, 0.2) is 35.1 Å². The van der Waals surface area contributed by atoms with Gasteiger partial charge in [0.25, 0.3) is 0 Å². The van der Waals surface area contributed by atoms with Crippen molar-refractivity contribution in [2.24, 2.45) is 0 Å². The lowest BCUT2D eigenvalue weighted by molar-refractivity contribution is 0.227. The van der Waals surface area contributed by atoms with Crippen molar-refractivity contribution in [3.05, 3.63) is 57.7 Å². The lowest BCUT2D eigenvalue weighted by atomic mass is 9.96. The Balaban J connectivity index is 1.54. The predicted octanol–water partition coefficient (Wildman–Crippen LogP) is 5.90. The summed E-state index contributed by atoms with van der Waals surface area (Å²) in [6.07, 6.45) is 8.28. The summed E-state index contributed by atoms with van der Waals surface area (Å²) in [5, 5.41) is 4.65. The number of pyridine rings is 1. The van der Waals surface area contributed by atoms with Crippen LogP contribution in [0, 0.1) is 5.82 Å². The van der Waals surface area contributed by atoms with Gasteiger partial charge in [-0.15, -0.1) is 0 Å². The van der Waals surface area contributed by atoms with Crippen molar-refractivity contribution in [2.75, 3.05) is 5.73 Å². The van der Waals surface area contributed by atoms with Gasteiger partial charge in [-0.05, 0) is 43.9 Å². The zero-order chi connectivity index (χ0) is 21.0. The van der Waals surface area contributed by atoms with E-state index in [-0.39, 0.29) is 10.8 Å². The molecule has 2 bridgehead atoms. The molecule has 0 spiro atoms. The number of fused-ring (bicyclic) bond motifs is 3. The number of aromatic nitrogens is 1. The van der Waals surface area contributed by atoms with Crippen molar-refractivity contribution in [1.29, 1.82) is 0 Å². The van der Waals surface area contributed by atoms with Gasteiger partial charge in [0.15, 0.2) is 11.4 Å². The Kier molecular flexibility index (Phi) is 4.88. The van der Waals surface area contributed by atoms with Crippen molar-refractivity contribution < 1.29 is 13.5 Å². The fraction of sp³-hybridized carbons (Fsp3) is 0.318. The molecule has 2 aromatic heterocycles. The van der Waals surface area contributed by atoms with E-state index in [0.29, 0.717) is 34.0 Å². The van der Waals surface area contributed by atoms with E-state index in [4.69, 9.17) is 38.1 Å². The highest BCUT2D eigenvalue weighted by Gasteiger charge is 2.30. The molecule has 1 fully saturated rings. The SMILES string of the molecule is C[C@@H](Oc1c(N)ncc2c(C3=CC4CCC(C3)N4)coc12)c1c(Cl)ccc(F)c1Cl. The normalized spacial score (nSPS) is 21.7. The van der Waals surface area contributed by atoms with Crippen molar-refractivity contribution in [3.63, 3.8) is 0 Å². The molecule has 3 N–H and O–H groups in total. The number of anilines is 1. The number of rotatable bonds is 4. The van der Waals surface area contributed by atoms with Crippen LogP contribution >= 0.6 is 23.2 Å². The minimum Gasteiger partial charge on any atom is -0.478 e. The van der Waals surface area contributed by atoms with Crippen molar-refractivity contribution in [3.8, 4) is 5.75 Å². The molecule has 156 valence electrons. The number of nitrogens with two attached hydrogens (primary N) is 1. The second-order valence-corrected chi connectivity index (χ2v) is 8.61. The molecule has 5 rings (SSSR count). The molecule has 30 heavy (non-hydrogen) atoms. The Morgan fingerprint density at radius 1 is 1.33 bits per heavy atom. The van der Waals surface area contributed by atoms with E-state index in [1.807, 2.05) is 0 Å². The van der Waals surface area contributed by atoms with E-state index in [1.165, 1.54) is 24.1 Å². The number of nitrogens with one attached hydrogen (secondary N) is 1. The smallest absolute Gasteiger partial charge is 0.205 e. The summed E-state index contributed by atoms with van der Waals surface area (Å²) < 4.78 is 25.9. The third-order valence-corrected chi connectivity index (χ3v) is 6.59. The molecule has 0 radical (unpaired) electrons. The average Bonchev–Trinajstić information content (AvgIpc) is 3.30. The minimum absolute atomic E-state index is 0.0795. The van der Waals surface area contributed by atoms with Crippen LogP contribution < -0.4 is 15.8 Å². The molecular formula is C22H20Cl2FN3O2. The highest BCUT2D eigenvalue weighted by atomic mass is 35.5. The maximum Gasteiger partial charge on any atom is 0.205 e. The molecule has 4 heterocycles. The van der Waals surface area contributed by atoms with E-state index in [1.54, 1.807) is 19.4 Å². The monoisotopic (exact) mass is 447 g/mol. The van der Waals surface area contributed by atoms with Gasteiger partial charge in [0, 0.05) is 34.4 Å². The van der Waals surface area contributed by atoms with Gasteiger partial charge < -0.3 is 20.2 Å². The summed E-state index contributed by atoms with van der Waals surface area (Å²) in [6, 6.07) is 3.56. The van der Waals surface area contributed by atoms with Gasteiger partial charge in [-0.2, -0.15) is 0 Å². The summed E-state index contributed by atoms with van der Waals surface area (Å²) in [5.74, 6) is -0.0954. The standard InChI is InChI=1S/C22H20Cl2FN3O2/c1-10(18-16(23)4-5-17(25)19(18)24)30-21-20-14(8-27-22(21)26)15(9-29-20)11-6-12-2-3-13(7-11)28-12/h4-6,8-10,12-13,28H,2-3,7H2,1H3,(H2,26,27)/t10-,12?,13?/m1/s1. The quantitative estimate of drug-likeness (QED) is 0.486. The largest absolute Gasteiger partial charge is 0.478 e. The van der Waals surface area contributed by atoms with Crippen molar-refractivity contribution >= 4 is 45.6 Å². The Labute approximate surface area is 183 Å². The summed E-state index contributed by atoms with van der Waals surface area (Å²) in [4.78, 5) is 4.31. The second-order valence-electron chi connectivity index (χ2n) is 7.83. The molecule has 1 aromatic carbocycles. The van der Waals surface area contributed by atoms with Gasteiger partial charge in [0.2, 0.25) is 5.75 Å². The molecular weight excluding hydrogens is 428 g/mol. The maximum atomic E-state index is 14.0. The van der Waals surface area contributed by atoms with Gasteiger partial charge >= 0.3 is 0 Å². The molecule has 8 heteroatoms. The average molecular weight is 448 g/mol. The van der Waals surface area contributed by atoms with Crippen LogP contribution in [0.2, 0.25) is 10.0 Å². The molecule has 5 nitrogen and oxygen atoms in total. The van der Waals surface area contributed by atoms with Crippen LogP contribution in [0.25, 0.3) is 16.5 Å². The Hall–Kier alpha value is -2.28. The Bertz CT molecular complexity index is 1180. The van der Waals surface area contributed by atoms with E-state index in [9.17, 15) is 4.39 Å². The topological polar surface area (TPSA) is 73.3 Å². The fourth-order valence-electron chi connectivity index (χ4n) is 4.41. The molecule has 2 unspecified atom stereocenters. The Morgan fingerprint density at radius 3 is 2.97 bits per heavy atom. The highest BCUT2D eigenvalue weighted by molar-refractivity contribution is 6.36. The molecule has 1 saturated heterocycles. The molecule has 3 aromatic rings. The molecule has 0 saturated carbocycles. The highest BCUT2D eigenvalue weighted by Crippen LogP contribution is 2.42. The molecule has 0 amide bonds. The van der Waals surface area contributed by atoms with Gasteiger partial charge in [-0.25, -0.2) is 9.37 Å². The number of ether oxygens (including phenoxy) is 1. The number of nitrogens with zero attached hydrogens (tertiary/aromatic N) is 1. The van der Waals surface area contributed by atoms with E-state index in [2.05, 4.69) is 16.4 Å². The predicted molar refractivity (Wildman–Crippen MR) is 116 cm³/mol. The minimum atomic E-state index is -0.669. The van der Waals surface area contributed by atoms with Crippen molar-refractivity contribution in [1.82, 2.24) is 10.3 Å². The van der Waals surface area contributed by atoms with Crippen molar-refractivity contribution in [2.45, 2.75) is 44.4 Å². The maximum absolute atomic E-state index is 14.0. The lowest BCUT2D eigenvalue weighted by Gasteiger charge is -2.21. The van der Waals surface area contributed by atoms with E-state index < -0.39 is 11.9 Å². The number of furan rings is 1. The number of benzene rings is 1. The Morgan fingerprint density at radius 2 is 2.17 bits per heavy atom. The van der Waals surface area contributed by atoms with Crippen LogP contribution in [0.5, 0.6) is 5.75 Å². The van der Waals surface area contributed by atoms with Gasteiger partial charge in [0.05, 0.1) is 16.7 Å². The third kappa shape index (κ3) is 3.23. The molecule has 0 aliphatic carbocycles. The number of hydrogen-bond acceptors (Lipinski definition) is 5. The lowest BCUT2D eigenvalue weighted by Crippen LogP contribution is -2.31. The number of hydrogen-bond donors (Lipinski definition) is 2. The first-order valence-electron chi connectivity index (χ1n) is 9.85. The first-order chi connectivity index (χ1) is 14.4. The van der Waals surface area contributed by atoms with Crippen LogP contribution in [0.4, 0.5) is 10.2 Å². The summed E-state index contributed by atoms with van der Waals surface area (Å²) in [5.41, 5.74) is 9.18. The van der Waals surface area contributed by atoms with Crippen LogP contribution in [0.1, 0.15) is 43.4 Å². The first kappa shape index (κ1) is 19.7. The van der Waals surface area contributed by atoms with Gasteiger partial charge in [-0.1, -0.05) is 29.3 Å². The van der Waals surface area contributed by atoms with Crippen LogP contribution in [0.3, 0.4) is 0 Å². The van der Waals surface area contributed by atoms with Crippen LogP contribution in [-0.2, 0) is 0 Å². The van der Waals surface area contributed by atoms with E-state index >= 15 is 0 Å². The zero-order valence-electron chi connectivity index (χ0n) is 16.2. The number of halogens is 3. The fourth-order valence-corrected chi connectivity index (χ4v) is 5.09. The molecule has 2 aliphatic rings.